The van der Waals surface area contributed by atoms with E-state index >= 15 is 0 Å². The van der Waals surface area contributed by atoms with Crippen LogP contribution >= 0.6 is 0 Å². The number of para-hydroxylation sites is 1. The monoisotopic (exact) mass is 425 g/mol. The summed E-state index contributed by atoms with van der Waals surface area (Å²) in [4.78, 5) is 12.2. The summed E-state index contributed by atoms with van der Waals surface area (Å²) in [6.45, 7) is 2.33. The fourth-order valence-electron chi connectivity index (χ4n) is 3.95. The van der Waals surface area contributed by atoms with E-state index < -0.39 is 21.7 Å². The Kier molecular flexibility index (Phi) is 5.81. The summed E-state index contributed by atoms with van der Waals surface area (Å²) in [6, 6.07) is 6.01. The van der Waals surface area contributed by atoms with Gasteiger partial charge in [0.25, 0.3) is 10.2 Å². The lowest BCUT2D eigenvalue weighted by Gasteiger charge is -2.36. The molecular weight excluding hydrogens is 401 g/mol. The lowest BCUT2D eigenvalue weighted by Crippen LogP contribution is -2.51. The first-order valence-corrected chi connectivity index (χ1v) is 11.1. The van der Waals surface area contributed by atoms with Crippen molar-refractivity contribution in [3.8, 4) is 5.69 Å². The van der Waals surface area contributed by atoms with Gasteiger partial charge in [-0.2, -0.15) is 22.1 Å². The van der Waals surface area contributed by atoms with Crippen molar-refractivity contribution in [1.29, 1.82) is 0 Å². The highest BCUT2D eigenvalue weighted by Gasteiger charge is 2.35. The molecule has 11 heteroatoms. The molecular formula is C18H24FN5O4S. The van der Waals surface area contributed by atoms with Gasteiger partial charge in [0.05, 0.1) is 18.9 Å². The van der Waals surface area contributed by atoms with Gasteiger partial charge in [-0.25, -0.2) is 18.9 Å². The number of H-pyrrole nitrogens is 1. The van der Waals surface area contributed by atoms with Gasteiger partial charge in [0, 0.05) is 32.6 Å². The fourth-order valence-corrected chi connectivity index (χ4v) is 5.65. The molecule has 1 N–H and O–H groups in total. The van der Waals surface area contributed by atoms with E-state index in [1.54, 1.807) is 12.1 Å². The number of morpholine rings is 1. The molecule has 2 aliphatic heterocycles. The summed E-state index contributed by atoms with van der Waals surface area (Å²) in [6.07, 6.45) is 1.91. The highest BCUT2D eigenvalue weighted by atomic mass is 32.2. The number of hydrogen-bond acceptors (Lipinski definition) is 5. The van der Waals surface area contributed by atoms with Crippen LogP contribution < -0.4 is 5.69 Å². The van der Waals surface area contributed by atoms with E-state index in [0.29, 0.717) is 51.6 Å². The maximum atomic E-state index is 14.2. The third-order valence-electron chi connectivity index (χ3n) is 5.41. The number of hydrogen-bond donors (Lipinski definition) is 1. The number of nitrogens with one attached hydrogen (secondary N) is 1. The van der Waals surface area contributed by atoms with Crippen molar-refractivity contribution in [2.75, 3.05) is 39.4 Å². The van der Waals surface area contributed by atoms with E-state index in [0.717, 1.165) is 12.8 Å². The zero-order valence-electron chi connectivity index (χ0n) is 16.0. The summed E-state index contributed by atoms with van der Waals surface area (Å²) < 4.78 is 49.5. The molecule has 2 aromatic rings. The van der Waals surface area contributed by atoms with Crippen LogP contribution in [0.4, 0.5) is 4.39 Å². The molecule has 0 unspecified atom stereocenters. The molecule has 1 aromatic heterocycles. The molecule has 0 saturated carbocycles. The van der Waals surface area contributed by atoms with Crippen LogP contribution in [0.15, 0.2) is 29.1 Å². The minimum Gasteiger partial charge on any atom is -0.379 e. The van der Waals surface area contributed by atoms with Crippen molar-refractivity contribution in [3.05, 3.63) is 46.4 Å². The molecule has 2 fully saturated rings. The number of nitrogens with zero attached hydrogens (tertiary/aromatic N) is 4. The number of benzene rings is 1. The molecule has 29 heavy (non-hydrogen) atoms. The molecule has 0 amide bonds. The lowest BCUT2D eigenvalue weighted by molar-refractivity contribution is 0.0690. The average molecular weight is 425 g/mol. The Labute approximate surface area is 168 Å². The number of aromatic amines is 1. The standard InChI is InChI=1S/C18H24FN5O4S/c19-15-5-1-2-6-16(15)24-17(20-21-18(24)25)12-14-4-3-7-23(13-14)29(26,27)22-8-10-28-11-9-22/h1-2,5-6,14H,3-4,7-13H2,(H,21,25)/t14-/m1/s1. The van der Waals surface area contributed by atoms with E-state index in [1.165, 1.54) is 25.3 Å². The molecule has 0 aliphatic carbocycles. The van der Waals surface area contributed by atoms with Crippen LogP contribution in [-0.2, 0) is 21.4 Å². The van der Waals surface area contributed by atoms with Gasteiger partial charge in [-0.15, -0.1) is 0 Å². The predicted molar refractivity (Wildman–Crippen MR) is 103 cm³/mol. The van der Waals surface area contributed by atoms with Gasteiger partial charge in [-0.3, -0.25) is 0 Å². The van der Waals surface area contributed by atoms with E-state index in [1.807, 2.05) is 0 Å². The van der Waals surface area contributed by atoms with Crippen LogP contribution in [0.3, 0.4) is 0 Å². The Bertz CT molecular complexity index is 1020. The van der Waals surface area contributed by atoms with E-state index in [9.17, 15) is 17.6 Å². The van der Waals surface area contributed by atoms with Gasteiger partial charge >= 0.3 is 5.69 Å². The third-order valence-corrected chi connectivity index (χ3v) is 7.41. The second-order valence-corrected chi connectivity index (χ2v) is 9.25. The van der Waals surface area contributed by atoms with Gasteiger partial charge in [-0.1, -0.05) is 12.1 Å². The second-order valence-electron chi connectivity index (χ2n) is 7.32. The highest BCUT2D eigenvalue weighted by molar-refractivity contribution is 7.86. The van der Waals surface area contributed by atoms with Crippen LogP contribution in [0.1, 0.15) is 18.7 Å². The highest BCUT2D eigenvalue weighted by Crippen LogP contribution is 2.25. The number of halogens is 1. The number of ether oxygens (including phenoxy) is 1. The number of piperidine rings is 1. The lowest BCUT2D eigenvalue weighted by atomic mass is 9.96. The quantitative estimate of drug-likeness (QED) is 0.753. The normalized spacial score (nSPS) is 22.0. The largest absolute Gasteiger partial charge is 0.379 e. The van der Waals surface area contributed by atoms with Crippen LogP contribution in [0.25, 0.3) is 5.69 Å². The van der Waals surface area contributed by atoms with Crippen molar-refractivity contribution < 1.29 is 17.5 Å². The number of aromatic nitrogens is 3. The average Bonchev–Trinajstić information content (AvgIpc) is 3.09. The Morgan fingerprint density at radius 1 is 1.17 bits per heavy atom. The molecule has 158 valence electrons. The minimum atomic E-state index is -3.54. The maximum absolute atomic E-state index is 14.2. The summed E-state index contributed by atoms with van der Waals surface area (Å²) in [5.41, 5.74) is -0.381. The molecule has 2 saturated heterocycles. The van der Waals surface area contributed by atoms with Crippen LogP contribution in [-0.4, -0.2) is 71.2 Å². The van der Waals surface area contributed by atoms with Gasteiger partial charge < -0.3 is 4.74 Å². The Hall–Kier alpha value is -2.08. The molecule has 1 aromatic carbocycles. The summed E-state index contributed by atoms with van der Waals surface area (Å²) >= 11 is 0. The van der Waals surface area contributed by atoms with Gasteiger partial charge in [0.1, 0.15) is 11.6 Å². The minimum absolute atomic E-state index is 0.0136. The predicted octanol–water partition coefficient (Wildman–Crippen LogP) is 0.531. The summed E-state index contributed by atoms with van der Waals surface area (Å²) in [5, 5.41) is 6.45. The first kappa shape index (κ1) is 20.2. The van der Waals surface area contributed by atoms with Crippen LogP contribution in [0.5, 0.6) is 0 Å². The van der Waals surface area contributed by atoms with Crippen molar-refractivity contribution in [1.82, 2.24) is 23.4 Å². The maximum Gasteiger partial charge on any atom is 0.348 e. The van der Waals surface area contributed by atoms with Crippen LogP contribution in [0, 0.1) is 11.7 Å². The number of rotatable bonds is 5. The molecule has 4 rings (SSSR count). The van der Waals surface area contributed by atoms with Crippen molar-refractivity contribution in [2.24, 2.45) is 5.92 Å². The molecule has 2 aliphatic rings. The van der Waals surface area contributed by atoms with Crippen molar-refractivity contribution >= 4 is 10.2 Å². The second kappa shape index (κ2) is 8.34. The molecule has 3 heterocycles. The zero-order chi connectivity index (χ0) is 20.4. The molecule has 1 atom stereocenters. The van der Waals surface area contributed by atoms with Gasteiger partial charge in [0.15, 0.2) is 0 Å². The molecule has 0 spiro atoms. The first-order chi connectivity index (χ1) is 14.0. The zero-order valence-corrected chi connectivity index (χ0v) is 16.8. The van der Waals surface area contributed by atoms with Crippen molar-refractivity contribution in [3.63, 3.8) is 0 Å². The molecule has 0 radical (unpaired) electrons. The SMILES string of the molecule is O=c1[nH]nc(C[C@H]2CCCN(S(=O)(=O)N3CCOCC3)C2)n1-c1ccccc1F. The smallest absolute Gasteiger partial charge is 0.348 e. The Morgan fingerprint density at radius 3 is 2.69 bits per heavy atom. The Balaban J connectivity index is 1.52. The topological polar surface area (TPSA) is 101 Å². The van der Waals surface area contributed by atoms with Gasteiger partial charge in [0.2, 0.25) is 0 Å². The van der Waals surface area contributed by atoms with E-state index in [-0.39, 0.29) is 11.6 Å². The Morgan fingerprint density at radius 2 is 1.93 bits per heavy atom. The van der Waals surface area contributed by atoms with Crippen LogP contribution in [0.2, 0.25) is 0 Å². The molecule has 9 nitrogen and oxygen atoms in total. The first-order valence-electron chi connectivity index (χ1n) is 9.71. The summed E-state index contributed by atoms with van der Waals surface area (Å²) in [5.74, 6) is -0.131. The fraction of sp³-hybridized carbons (Fsp3) is 0.556. The van der Waals surface area contributed by atoms with E-state index in [4.69, 9.17) is 4.74 Å². The molecule has 0 bridgehead atoms. The third kappa shape index (κ3) is 4.13. The van der Waals surface area contributed by atoms with Crippen molar-refractivity contribution in [2.45, 2.75) is 19.3 Å². The van der Waals surface area contributed by atoms with Gasteiger partial charge in [-0.05, 0) is 30.9 Å². The van der Waals surface area contributed by atoms with E-state index in [2.05, 4.69) is 10.2 Å². The summed E-state index contributed by atoms with van der Waals surface area (Å²) in [7, 11) is -3.54.